The number of nitrogens with zero attached hydrogens (tertiary/aromatic N) is 4. The normalized spacial score (nSPS) is 16.8. The van der Waals surface area contributed by atoms with Gasteiger partial charge < -0.3 is 9.64 Å². The van der Waals surface area contributed by atoms with Gasteiger partial charge in [0.2, 0.25) is 0 Å². The standard InChI is InChI=1S/C17H30N4O/c1-6-15-11-16(19-14(2)18-15)20(5)12-17(3,4)13-21-7-9-22-10-8-21/h11H,6-10,12-13H2,1-5H3. The van der Waals surface area contributed by atoms with Gasteiger partial charge in [-0.3, -0.25) is 4.90 Å². The molecule has 1 aliphatic rings. The van der Waals surface area contributed by atoms with Crippen molar-refractivity contribution in [3.8, 4) is 0 Å². The van der Waals surface area contributed by atoms with Crippen LogP contribution in [0.25, 0.3) is 0 Å². The molecule has 22 heavy (non-hydrogen) atoms. The summed E-state index contributed by atoms with van der Waals surface area (Å²) in [4.78, 5) is 13.8. The molecular weight excluding hydrogens is 276 g/mol. The molecule has 0 atom stereocenters. The zero-order chi connectivity index (χ0) is 16.2. The number of ether oxygens (including phenoxy) is 1. The van der Waals surface area contributed by atoms with E-state index in [4.69, 9.17) is 4.74 Å². The Kier molecular flexibility index (Phi) is 5.75. The van der Waals surface area contributed by atoms with Crippen molar-refractivity contribution in [3.05, 3.63) is 17.6 Å². The zero-order valence-electron chi connectivity index (χ0n) is 14.7. The second-order valence-corrected chi connectivity index (χ2v) is 7.03. The van der Waals surface area contributed by atoms with Crippen LogP contribution in [0.2, 0.25) is 0 Å². The molecule has 1 fully saturated rings. The highest BCUT2D eigenvalue weighted by molar-refractivity contribution is 5.39. The van der Waals surface area contributed by atoms with Crippen molar-refractivity contribution in [1.82, 2.24) is 14.9 Å². The van der Waals surface area contributed by atoms with E-state index in [2.05, 4.69) is 53.7 Å². The first-order valence-electron chi connectivity index (χ1n) is 8.25. The van der Waals surface area contributed by atoms with Gasteiger partial charge in [-0.1, -0.05) is 20.8 Å². The summed E-state index contributed by atoms with van der Waals surface area (Å²) in [5.41, 5.74) is 1.32. The van der Waals surface area contributed by atoms with E-state index in [1.807, 2.05) is 6.92 Å². The SMILES string of the molecule is CCc1cc(N(C)CC(C)(C)CN2CCOCC2)nc(C)n1. The van der Waals surface area contributed by atoms with E-state index >= 15 is 0 Å². The Morgan fingerprint density at radius 2 is 1.95 bits per heavy atom. The van der Waals surface area contributed by atoms with Crippen LogP contribution < -0.4 is 4.90 Å². The number of morpholine rings is 1. The van der Waals surface area contributed by atoms with Crippen molar-refractivity contribution >= 4 is 5.82 Å². The third kappa shape index (κ3) is 4.92. The van der Waals surface area contributed by atoms with Gasteiger partial charge in [-0.2, -0.15) is 0 Å². The van der Waals surface area contributed by atoms with Crippen molar-refractivity contribution in [3.63, 3.8) is 0 Å². The Morgan fingerprint density at radius 1 is 1.27 bits per heavy atom. The Morgan fingerprint density at radius 3 is 2.59 bits per heavy atom. The molecule has 0 radical (unpaired) electrons. The maximum Gasteiger partial charge on any atom is 0.132 e. The molecule has 0 amide bonds. The molecule has 2 heterocycles. The monoisotopic (exact) mass is 306 g/mol. The molecule has 1 saturated heterocycles. The Bertz CT molecular complexity index is 484. The van der Waals surface area contributed by atoms with E-state index in [9.17, 15) is 0 Å². The lowest BCUT2D eigenvalue weighted by Crippen LogP contribution is -2.45. The molecular formula is C17H30N4O. The summed E-state index contributed by atoms with van der Waals surface area (Å²) in [5.74, 6) is 1.88. The van der Waals surface area contributed by atoms with Gasteiger partial charge in [0.15, 0.2) is 0 Å². The molecule has 0 bridgehead atoms. The van der Waals surface area contributed by atoms with Crippen molar-refractivity contribution in [2.75, 3.05) is 51.3 Å². The van der Waals surface area contributed by atoms with Gasteiger partial charge >= 0.3 is 0 Å². The fraction of sp³-hybridized carbons (Fsp3) is 0.765. The molecule has 1 aromatic heterocycles. The first-order valence-corrected chi connectivity index (χ1v) is 8.25. The number of rotatable bonds is 6. The topological polar surface area (TPSA) is 41.5 Å². The van der Waals surface area contributed by atoms with E-state index in [1.165, 1.54) is 0 Å². The quantitative estimate of drug-likeness (QED) is 0.805. The van der Waals surface area contributed by atoms with Crippen LogP contribution in [0.4, 0.5) is 5.82 Å². The summed E-state index contributed by atoms with van der Waals surface area (Å²) in [6, 6.07) is 2.11. The fourth-order valence-corrected chi connectivity index (χ4v) is 3.13. The molecule has 0 aromatic carbocycles. The van der Waals surface area contributed by atoms with Crippen molar-refractivity contribution in [2.45, 2.75) is 34.1 Å². The number of hydrogen-bond acceptors (Lipinski definition) is 5. The summed E-state index contributed by atoms with van der Waals surface area (Å²) in [5, 5.41) is 0. The van der Waals surface area contributed by atoms with Gasteiger partial charge in [-0.05, 0) is 18.8 Å². The van der Waals surface area contributed by atoms with Gasteiger partial charge in [-0.25, -0.2) is 9.97 Å². The second-order valence-electron chi connectivity index (χ2n) is 7.03. The molecule has 0 N–H and O–H groups in total. The average Bonchev–Trinajstić information content (AvgIpc) is 2.46. The first-order chi connectivity index (χ1) is 10.4. The summed E-state index contributed by atoms with van der Waals surface area (Å²) in [6.07, 6.45) is 0.946. The van der Waals surface area contributed by atoms with E-state index in [1.54, 1.807) is 0 Å². The molecule has 5 nitrogen and oxygen atoms in total. The summed E-state index contributed by atoms with van der Waals surface area (Å²) >= 11 is 0. The van der Waals surface area contributed by atoms with E-state index in [-0.39, 0.29) is 5.41 Å². The highest BCUT2D eigenvalue weighted by Gasteiger charge is 2.25. The van der Waals surface area contributed by atoms with Crippen molar-refractivity contribution in [1.29, 1.82) is 0 Å². The Balaban J connectivity index is 1.99. The van der Waals surface area contributed by atoms with Crippen LogP contribution in [0.5, 0.6) is 0 Å². The van der Waals surface area contributed by atoms with Gasteiger partial charge in [0.25, 0.3) is 0 Å². The number of anilines is 1. The average molecular weight is 306 g/mol. The minimum Gasteiger partial charge on any atom is -0.379 e. The summed E-state index contributed by atoms with van der Waals surface area (Å²) < 4.78 is 5.43. The minimum atomic E-state index is 0.206. The van der Waals surface area contributed by atoms with Crippen LogP contribution in [0.3, 0.4) is 0 Å². The molecule has 2 rings (SSSR count). The largest absolute Gasteiger partial charge is 0.379 e. The number of hydrogen-bond donors (Lipinski definition) is 0. The molecule has 0 spiro atoms. The molecule has 0 saturated carbocycles. The predicted molar refractivity (Wildman–Crippen MR) is 90.5 cm³/mol. The van der Waals surface area contributed by atoms with Gasteiger partial charge in [-0.15, -0.1) is 0 Å². The lowest BCUT2D eigenvalue weighted by Gasteiger charge is -2.37. The minimum absolute atomic E-state index is 0.206. The molecule has 1 aliphatic heterocycles. The van der Waals surface area contributed by atoms with Crippen molar-refractivity contribution < 1.29 is 4.74 Å². The highest BCUT2D eigenvalue weighted by Crippen LogP contribution is 2.22. The second kappa shape index (κ2) is 7.38. The lowest BCUT2D eigenvalue weighted by atomic mass is 9.92. The van der Waals surface area contributed by atoms with Crippen LogP contribution in [0.1, 0.15) is 32.3 Å². The van der Waals surface area contributed by atoms with Crippen LogP contribution in [-0.2, 0) is 11.2 Å². The van der Waals surface area contributed by atoms with Crippen LogP contribution >= 0.6 is 0 Å². The summed E-state index contributed by atoms with van der Waals surface area (Å²) in [6.45, 7) is 14.6. The van der Waals surface area contributed by atoms with E-state index in [0.29, 0.717) is 0 Å². The third-order valence-electron chi connectivity index (χ3n) is 4.05. The number of aryl methyl sites for hydroxylation is 2. The smallest absolute Gasteiger partial charge is 0.132 e. The molecule has 5 heteroatoms. The predicted octanol–water partition coefficient (Wildman–Crippen LogP) is 2.14. The van der Waals surface area contributed by atoms with Crippen LogP contribution in [-0.4, -0.2) is 61.3 Å². The van der Waals surface area contributed by atoms with Gasteiger partial charge in [0, 0.05) is 45.0 Å². The first kappa shape index (κ1) is 17.2. The molecule has 1 aromatic rings. The molecule has 0 unspecified atom stereocenters. The Labute approximate surface area is 134 Å². The van der Waals surface area contributed by atoms with E-state index < -0.39 is 0 Å². The van der Waals surface area contributed by atoms with Gasteiger partial charge in [0.05, 0.1) is 13.2 Å². The van der Waals surface area contributed by atoms with E-state index in [0.717, 1.165) is 63.1 Å². The van der Waals surface area contributed by atoms with Gasteiger partial charge in [0.1, 0.15) is 11.6 Å². The van der Waals surface area contributed by atoms with Crippen molar-refractivity contribution in [2.24, 2.45) is 5.41 Å². The molecule has 124 valence electrons. The number of aromatic nitrogens is 2. The van der Waals surface area contributed by atoms with Crippen LogP contribution in [0.15, 0.2) is 6.07 Å². The fourth-order valence-electron chi connectivity index (χ4n) is 3.13. The highest BCUT2D eigenvalue weighted by atomic mass is 16.5. The van der Waals surface area contributed by atoms with Crippen LogP contribution in [0, 0.1) is 12.3 Å². The maximum absolute atomic E-state index is 5.43. The maximum atomic E-state index is 5.43. The Hall–Kier alpha value is -1.20. The zero-order valence-corrected chi connectivity index (χ0v) is 14.7. The third-order valence-corrected chi connectivity index (χ3v) is 4.05. The lowest BCUT2D eigenvalue weighted by molar-refractivity contribution is 0.0223. The summed E-state index contributed by atoms with van der Waals surface area (Å²) in [7, 11) is 2.13. The molecule has 0 aliphatic carbocycles.